The Bertz CT molecular complexity index is 1170. The third kappa shape index (κ3) is 6.65. The topological polar surface area (TPSA) is 27.7 Å². The number of piperazine rings is 1. The van der Waals surface area contributed by atoms with Gasteiger partial charge in [0.1, 0.15) is 12.4 Å². The van der Waals surface area contributed by atoms with E-state index in [0.29, 0.717) is 6.61 Å². The molecular weight excluding hydrogens is 430 g/mol. The SMILES string of the molecule is c1ccc(COc2cccc(CNc3ccc(N4CCN(Cc5ccccc5)CC4)cc3)c2)cc1. The van der Waals surface area contributed by atoms with Gasteiger partial charge in [0.25, 0.3) is 0 Å². The lowest BCUT2D eigenvalue weighted by Crippen LogP contribution is -2.45. The number of hydrogen-bond donors (Lipinski definition) is 1. The second-order valence-electron chi connectivity index (χ2n) is 9.07. The highest BCUT2D eigenvalue weighted by Gasteiger charge is 2.17. The number of nitrogens with zero attached hydrogens (tertiary/aromatic N) is 2. The van der Waals surface area contributed by atoms with Crippen LogP contribution in [0.5, 0.6) is 5.75 Å². The predicted octanol–water partition coefficient (Wildman–Crippen LogP) is 6.20. The molecule has 0 radical (unpaired) electrons. The molecule has 1 aliphatic rings. The summed E-state index contributed by atoms with van der Waals surface area (Å²) < 4.78 is 5.97. The van der Waals surface area contributed by atoms with Crippen LogP contribution in [0.2, 0.25) is 0 Å². The number of benzene rings is 4. The van der Waals surface area contributed by atoms with Gasteiger partial charge in [-0.1, -0.05) is 72.8 Å². The Balaban J connectivity index is 1.09. The van der Waals surface area contributed by atoms with E-state index in [0.717, 1.165) is 50.7 Å². The van der Waals surface area contributed by atoms with Crippen LogP contribution in [-0.4, -0.2) is 31.1 Å². The Morgan fingerprint density at radius 3 is 2.00 bits per heavy atom. The van der Waals surface area contributed by atoms with E-state index in [1.165, 1.54) is 22.4 Å². The maximum Gasteiger partial charge on any atom is 0.120 e. The summed E-state index contributed by atoms with van der Waals surface area (Å²) >= 11 is 0. The molecule has 4 heteroatoms. The highest BCUT2D eigenvalue weighted by molar-refractivity contribution is 5.55. The lowest BCUT2D eigenvalue weighted by atomic mass is 10.2. The molecule has 1 heterocycles. The van der Waals surface area contributed by atoms with Gasteiger partial charge in [-0.2, -0.15) is 0 Å². The van der Waals surface area contributed by atoms with Crippen molar-refractivity contribution < 1.29 is 4.74 Å². The van der Waals surface area contributed by atoms with Crippen molar-refractivity contribution >= 4 is 11.4 Å². The lowest BCUT2D eigenvalue weighted by Gasteiger charge is -2.36. The quantitative estimate of drug-likeness (QED) is 0.320. The Morgan fingerprint density at radius 2 is 1.29 bits per heavy atom. The maximum absolute atomic E-state index is 5.97. The minimum absolute atomic E-state index is 0.583. The van der Waals surface area contributed by atoms with Gasteiger partial charge in [-0.25, -0.2) is 0 Å². The number of rotatable bonds is 9. The van der Waals surface area contributed by atoms with Crippen molar-refractivity contribution in [2.75, 3.05) is 36.4 Å². The molecule has 1 saturated heterocycles. The van der Waals surface area contributed by atoms with Gasteiger partial charge >= 0.3 is 0 Å². The standard InChI is InChI=1S/C31H33N3O/c1-3-8-26(9-4-1)24-33-18-20-34(21-19-33)30-16-14-29(15-17-30)32-23-28-12-7-13-31(22-28)35-25-27-10-5-2-6-11-27/h1-17,22,32H,18-21,23-25H2. The molecule has 35 heavy (non-hydrogen) atoms. The van der Waals surface area contributed by atoms with Crippen molar-refractivity contribution in [1.82, 2.24) is 4.90 Å². The van der Waals surface area contributed by atoms with Crippen molar-refractivity contribution in [3.63, 3.8) is 0 Å². The molecule has 0 spiro atoms. The molecule has 0 aromatic heterocycles. The highest BCUT2D eigenvalue weighted by Crippen LogP contribution is 2.21. The fourth-order valence-corrected chi connectivity index (χ4v) is 4.49. The largest absolute Gasteiger partial charge is 0.489 e. The zero-order valence-corrected chi connectivity index (χ0v) is 20.1. The molecule has 1 fully saturated rings. The molecule has 178 valence electrons. The zero-order valence-electron chi connectivity index (χ0n) is 20.1. The number of nitrogens with one attached hydrogen (secondary N) is 1. The van der Waals surface area contributed by atoms with E-state index in [2.05, 4.69) is 100 Å². The Hall–Kier alpha value is -3.76. The van der Waals surface area contributed by atoms with Crippen molar-refractivity contribution in [3.8, 4) is 5.75 Å². The van der Waals surface area contributed by atoms with E-state index in [4.69, 9.17) is 4.74 Å². The van der Waals surface area contributed by atoms with Gasteiger partial charge in [0.15, 0.2) is 0 Å². The van der Waals surface area contributed by atoms with Gasteiger partial charge in [0.05, 0.1) is 0 Å². The first-order chi connectivity index (χ1) is 17.3. The average molecular weight is 464 g/mol. The highest BCUT2D eigenvalue weighted by atomic mass is 16.5. The van der Waals surface area contributed by atoms with Crippen molar-refractivity contribution in [1.29, 1.82) is 0 Å². The summed E-state index contributed by atoms with van der Waals surface area (Å²) in [6.07, 6.45) is 0. The first kappa shape index (κ1) is 23.0. The monoisotopic (exact) mass is 463 g/mol. The van der Waals surface area contributed by atoms with Gasteiger partial charge in [-0.15, -0.1) is 0 Å². The van der Waals surface area contributed by atoms with Crippen molar-refractivity contribution in [2.24, 2.45) is 0 Å². The molecule has 0 amide bonds. The van der Waals surface area contributed by atoms with Gasteiger partial charge in [0.2, 0.25) is 0 Å². The second-order valence-corrected chi connectivity index (χ2v) is 9.07. The first-order valence-corrected chi connectivity index (χ1v) is 12.4. The molecule has 0 saturated carbocycles. The van der Waals surface area contributed by atoms with E-state index in [1.807, 2.05) is 24.3 Å². The van der Waals surface area contributed by atoms with E-state index < -0.39 is 0 Å². The molecule has 1 N–H and O–H groups in total. The van der Waals surface area contributed by atoms with E-state index in [9.17, 15) is 0 Å². The Labute approximate surface area is 208 Å². The Kier molecular flexibility index (Phi) is 7.61. The molecular formula is C31H33N3O. The third-order valence-corrected chi connectivity index (χ3v) is 6.50. The summed E-state index contributed by atoms with van der Waals surface area (Å²) in [4.78, 5) is 5.03. The molecule has 4 aromatic rings. The smallest absolute Gasteiger partial charge is 0.120 e. The van der Waals surface area contributed by atoms with Gasteiger partial charge in [-0.3, -0.25) is 4.90 Å². The first-order valence-electron chi connectivity index (χ1n) is 12.4. The Morgan fingerprint density at radius 1 is 0.629 bits per heavy atom. The van der Waals surface area contributed by atoms with Gasteiger partial charge in [0, 0.05) is 50.6 Å². The predicted molar refractivity (Wildman–Crippen MR) is 145 cm³/mol. The van der Waals surface area contributed by atoms with Crippen molar-refractivity contribution in [3.05, 3.63) is 126 Å². The maximum atomic E-state index is 5.97. The number of anilines is 2. The van der Waals surface area contributed by atoms with Crippen molar-refractivity contribution in [2.45, 2.75) is 19.7 Å². The van der Waals surface area contributed by atoms with Gasteiger partial charge in [-0.05, 0) is 53.1 Å². The van der Waals surface area contributed by atoms with Crippen LogP contribution >= 0.6 is 0 Å². The van der Waals surface area contributed by atoms with E-state index in [-0.39, 0.29) is 0 Å². The van der Waals surface area contributed by atoms with E-state index in [1.54, 1.807) is 0 Å². The molecule has 4 nitrogen and oxygen atoms in total. The van der Waals surface area contributed by atoms with Crippen LogP contribution in [0.25, 0.3) is 0 Å². The average Bonchev–Trinajstić information content (AvgIpc) is 2.93. The van der Waals surface area contributed by atoms with Gasteiger partial charge < -0.3 is 15.0 Å². The molecule has 0 atom stereocenters. The summed E-state index contributed by atoms with van der Waals surface area (Å²) in [6, 6.07) is 38.2. The van der Waals surface area contributed by atoms with Crippen LogP contribution in [0.3, 0.4) is 0 Å². The molecule has 0 bridgehead atoms. The van der Waals surface area contributed by atoms with Crippen LogP contribution in [-0.2, 0) is 19.7 Å². The summed E-state index contributed by atoms with van der Waals surface area (Å²) in [7, 11) is 0. The number of ether oxygens (including phenoxy) is 1. The molecule has 1 aliphatic heterocycles. The fraction of sp³-hybridized carbons (Fsp3) is 0.226. The summed E-state index contributed by atoms with van der Waals surface area (Å²) in [5.41, 5.74) is 6.20. The minimum Gasteiger partial charge on any atom is -0.489 e. The normalized spacial score (nSPS) is 14.0. The van der Waals surface area contributed by atoms with Crippen LogP contribution < -0.4 is 15.0 Å². The second kappa shape index (κ2) is 11.6. The minimum atomic E-state index is 0.583. The zero-order chi connectivity index (χ0) is 23.7. The molecule has 0 unspecified atom stereocenters. The number of hydrogen-bond acceptors (Lipinski definition) is 4. The molecule has 4 aromatic carbocycles. The lowest BCUT2D eigenvalue weighted by molar-refractivity contribution is 0.250. The summed E-state index contributed by atoms with van der Waals surface area (Å²) in [5, 5.41) is 3.54. The van der Waals surface area contributed by atoms with Crippen LogP contribution in [0.15, 0.2) is 109 Å². The van der Waals surface area contributed by atoms with E-state index >= 15 is 0 Å². The fourth-order valence-electron chi connectivity index (χ4n) is 4.49. The summed E-state index contributed by atoms with van der Waals surface area (Å²) in [5.74, 6) is 0.898. The summed E-state index contributed by atoms with van der Waals surface area (Å²) in [6.45, 7) is 6.70. The third-order valence-electron chi connectivity index (χ3n) is 6.50. The van der Waals surface area contributed by atoms with Crippen LogP contribution in [0, 0.1) is 0 Å². The molecule has 5 rings (SSSR count). The van der Waals surface area contributed by atoms with Crippen LogP contribution in [0.4, 0.5) is 11.4 Å². The molecule has 0 aliphatic carbocycles. The van der Waals surface area contributed by atoms with Crippen LogP contribution in [0.1, 0.15) is 16.7 Å².